The Hall–Kier alpha value is -2.54. The summed E-state index contributed by atoms with van der Waals surface area (Å²) in [5.41, 5.74) is 2.05. The van der Waals surface area contributed by atoms with Crippen LogP contribution >= 0.6 is 11.3 Å². The van der Waals surface area contributed by atoms with E-state index in [4.69, 9.17) is 9.47 Å². The van der Waals surface area contributed by atoms with Crippen LogP contribution in [0.25, 0.3) is 10.2 Å². The number of nitrogens with one attached hydrogen (secondary N) is 1. The minimum absolute atomic E-state index is 0.0443. The van der Waals surface area contributed by atoms with Gasteiger partial charge in [-0.3, -0.25) is 9.48 Å². The topological polar surface area (TPSA) is 65.4 Å². The van der Waals surface area contributed by atoms with Crippen molar-refractivity contribution in [2.24, 2.45) is 5.92 Å². The molecule has 1 N–H and O–H groups in total. The zero-order chi connectivity index (χ0) is 20.3. The van der Waals surface area contributed by atoms with Crippen molar-refractivity contribution in [2.45, 2.75) is 33.7 Å². The van der Waals surface area contributed by atoms with Crippen molar-refractivity contribution >= 4 is 27.5 Å². The number of hydrogen-bond donors (Lipinski definition) is 1. The highest BCUT2D eigenvalue weighted by molar-refractivity contribution is 7.20. The maximum absolute atomic E-state index is 12.6. The quantitative estimate of drug-likeness (QED) is 0.618. The van der Waals surface area contributed by atoms with Crippen molar-refractivity contribution in [3.8, 4) is 11.5 Å². The Morgan fingerprint density at radius 2 is 1.96 bits per heavy atom. The number of aryl methyl sites for hydroxylation is 1. The summed E-state index contributed by atoms with van der Waals surface area (Å²) in [6.45, 7) is 7.73. The Morgan fingerprint density at radius 3 is 2.64 bits per heavy atom. The smallest absolute Gasteiger partial charge is 0.261 e. The monoisotopic (exact) mass is 401 g/mol. The summed E-state index contributed by atoms with van der Waals surface area (Å²) < 4.78 is 12.6. The van der Waals surface area contributed by atoms with Crippen molar-refractivity contribution < 1.29 is 14.3 Å². The van der Waals surface area contributed by atoms with E-state index in [-0.39, 0.29) is 5.91 Å². The molecular formula is C21H27N3O3S. The first-order valence-corrected chi connectivity index (χ1v) is 10.2. The van der Waals surface area contributed by atoms with Gasteiger partial charge in [0.2, 0.25) is 0 Å². The third kappa shape index (κ3) is 4.30. The van der Waals surface area contributed by atoms with Gasteiger partial charge in [0.15, 0.2) is 11.5 Å². The number of amides is 1. The molecule has 1 aromatic carbocycles. The van der Waals surface area contributed by atoms with Crippen LogP contribution in [0.4, 0.5) is 0 Å². The van der Waals surface area contributed by atoms with E-state index in [1.807, 2.05) is 35.9 Å². The molecule has 0 radical (unpaired) electrons. The van der Waals surface area contributed by atoms with Gasteiger partial charge in [0.25, 0.3) is 5.91 Å². The molecular weight excluding hydrogens is 374 g/mol. The summed E-state index contributed by atoms with van der Waals surface area (Å²) in [5.74, 6) is 1.85. The number of ether oxygens (including phenoxy) is 2. The van der Waals surface area contributed by atoms with Crippen molar-refractivity contribution in [2.75, 3.05) is 20.8 Å². The van der Waals surface area contributed by atoms with Crippen LogP contribution in [0, 0.1) is 12.8 Å². The lowest BCUT2D eigenvalue weighted by Crippen LogP contribution is -2.24. The average Bonchev–Trinajstić information content (AvgIpc) is 3.22. The Bertz CT molecular complexity index is 975. The molecule has 0 fully saturated rings. The number of carbonyl (C=O) groups excluding carboxylic acids is 1. The van der Waals surface area contributed by atoms with Crippen LogP contribution in [0.5, 0.6) is 11.5 Å². The molecule has 0 aliphatic heterocycles. The molecule has 6 nitrogen and oxygen atoms in total. The molecule has 0 saturated heterocycles. The van der Waals surface area contributed by atoms with Crippen LogP contribution in [-0.4, -0.2) is 36.5 Å². The highest BCUT2D eigenvalue weighted by Crippen LogP contribution is 2.29. The SMILES string of the molecule is COc1ccc(CCNC(=O)c2cc3c(C)nn(CC(C)C)c3s2)cc1OC. The van der Waals surface area contributed by atoms with E-state index in [0.29, 0.717) is 24.0 Å². The Morgan fingerprint density at radius 1 is 1.21 bits per heavy atom. The van der Waals surface area contributed by atoms with Crippen LogP contribution in [0.15, 0.2) is 24.3 Å². The molecule has 2 heterocycles. The summed E-state index contributed by atoms with van der Waals surface area (Å²) in [4.78, 5) is 14.4. The van der Waals surface area contributed by atoms with E-state index in [9.17, 15) is 4.79 Å². The van der Waals surface area contributed by atoms with E-state index in [1.54, 1.807) is 14.2 Å². The molecule has 0 aliphatic carbocycles. The summed E-state index contributed by atoms with van der Waals surface area (Å²) in [6.07, 6.45) is 0.719. The molecule has 2 aromatic heterocycles. The van der Waals surface area contributed by atoms with Gasteiger partial charge in [0.1, 0.15) is 4.83 Å². The van der Waals surface area contributed by atoms with E-state index in [2.05, 4.69) is 24.3 Å². The Kier molecular flexibility index (Phi) is 6.24. The maximum Gasteiger partial charge on any atom is 0.261 e. The van der Waals surface area contributed by atoms with Crippen LogP contribution in [0.1, 0.15) is 34.8 Å². The number of thiophene rings is 1. The zero-order valence-corrected chi connectivity index (χ0v) is 17.9. The number of nitrogens with zero attached hydrogens (tertiary/aromatic N) is 2. The summed E-state index contributed by atoms with van der Waals surface area (Å²) >= 11 is 1.50. The summed E-state index contributed by atoms with van der Waals surface area (Å²) in [7, 11) is 3.23. The van der Waals surface area contributed by atoms with Crippen molar-refractivity contribution in [1.82, 2.24) is 15.1 Å². The van der Waals surface area contributed by atoms with Gasteiger partial charge in [-0.1, -0.05) is 19.9 Å². The van der Waals surface area contributed by atoms with Gasteiger partial charge in [0.05, 0.1) is 24.8 Å². The molecule has 28 heavy (non-hydrogen) atoms. The first-order chi connectivity index (χ1) is 13.4. The fraction of sp³-hybridized carbons (Fsp3) is 0.429. The fourth-order valence-corrected chi connectivity index (χ4v) is 4.23. The third-order valence-corrected chi connectivity index (χ3v) is 5.66. The van der Waals surface area contributed by atoms with Crippen LogP contribution in [-0.2, 0) is 13.0 Å². The van der Waals surface area contributed by atoms with Crippen molar-refractivity contribution in [3.63, 3.8) is 0 Å². The lowest BCUT2D eigenvalue weighted by Gasteiger charge is -2.10. The van der Waals surface area contributed by atoms with Gasteiger partial charge in [-0.2, -0.15) is 5.10 Å². The Labute approximate surface area is 169 Å². The second-order valence-electron chi connectivity index (χ2n) is 7.19. The van der Waals surface area contributed by atoms with Gasteiger partial charge >= 0.3 is 0 Å². The summed E-state index contributed by atoms with van der Waals surface area (Å²) in [6, 6.07) is 7.75. The molecule has 0 bridgehead atoms. The fourth-order valence-electron chi connectivity index (χ4n) is 3.14. The third-order valence-electron chi connectivity index (χ3n) is 4.52. The lowest BCUT2D eigenvalue weighted by atomic mass is 10.1. The van der Waals surface area contributed by atoms with E-state index in [1.165, 1.54) is 11.3 Å². The second kappa shape index (κ2) is 8.65. The molecule has 0 spiro atoms. The van der Waals surface area contributed by atoms with Crippen LogP contribution in [0.3, 0.4) is 0 Å². The molecule has 0 atom stereocenters. The van der Waals surface area contributed by atoms with Gasteiger partial charge in [-0.05, 0) is 43.0 Å². The molecule has 150 valence electrons. The molecule has 0 saturated carbocycles. The minimum Gasteiger partial charge on any atom is -0.493 e. The number of fused-ring (bicyclic) bond motifs is 1. The number of hydrogen-bond acceptors (Lipinski definition) is 5. The average molecular weight is 402 g/mol. The number of rotatable bonds is 8. The van der Waals surface area contributed by atoms with Crippen molar-refractivity contribution in [1.29, 1.82) is 0 Å². The van der Waals surface area contributed by atoms with Crippen molar-refractivity contribution in [3.05, 3.63) is 40.4 Å². The molecule has 7 heteroatoms. The van der Waals surface area contributed by atoms with Crippen LogP contribution < -0.4 is 14.8 Å². The predicted molar refractivity (Wildman–Crippen MR) is 113 cm³/mol. The Balaban J connectivity index is 1.65. The van der Waals surface area contributed by atoms with Gasteiger partial charge in [0, 0.05) is 18.5 Å². The lowest BCUT2D eigenvalue weighted by molar-refractivity contribution is 0.0958. The highest BCUT2D eigenvalue weighted by atomic mass is 32.1. The standard InChI is InChI=1S/C21H27N3O3S/c1-13(2)12-24-21-16(14(3)23-24)11-19(28-21)20(25)22-9-8-15-6-7-17(26-4)18(10-15)27-5/h6-7,10-11,13H,8-9,12H2,1-5H3,(H,22,25). The molecule has 0 aliphatic rings. The molecule has 3 aromatic rings. The van der Waals surface area contributed by atoms with E-state index >= 15 is 0 Å². The maximum atomic E-state index is 12.6. The second-order valence-corrected chi connectivity index (χ2v) is 8.22. The van der Waals surface area contributed by atoms with Gasteiger partial charge < -0.3 is 14.8 Å². The first-order valence-electron chi connectivity index (χ1n) is 9.39. The minimum atomic E-state index is -0.0443. The van der Waals surface area contributed by atoms with E-state index < -0.39 is 0 Å². The van der Waals surface area contributed by atoms with Gasteiger partial charge in [-0.15, -0.1) is 11.3 Å². The van der Waals surface area contributed by atoms with Gasteiger partial charge in [-0.25, -0.2) is 0 Å². The van der Waals surface area contributed by atoms with Crippen LogP contribution in [0.2, 0.25) is 0 Å². The summed E-state index contributed by atoms with van der Waals surface area (Å²) in [5, 5.41) is 8.68. The normalized spacial score (nSPS) is 11.2. The first kappa shape index (κ1) is 20.2. The molecule has 1 amide bonds. The number of aromatic nitrogens is 2. The molecule has 0 unspecified atom stereocenters. The number of benzene rings is 1. The molecule has 3 rings (SSSR count). The highest BCUT2D eigenvalue weighted by Gasteiger charge is 2.16. The predicted octanol–water partition coefficient (Wildman–Crippen LogP) is 4.05. The number of carbonyl (C=O) groups is 1. The zero-order valence-electron chi connectivity index (χ0n) is 17.0. The largest absolute Gasteiger partial charge is 0.493 e. The number of methoxy groups -OCH3 is 2. The van der Waals surface area contributed by atoms with E-state index in [0.717, 1.165) is 39.3 Å².